The van der Waals surface area contributed by atoms with E-state index in [2.05, 4.69) is 19.9 Å². The summed E-state index contributed by atoms with van der Waals surface area (Å²) in [7, 11) is 2.01. The molecule has 0 atom stereocenters. The minimum Gasteiger partial charge on any atom is -0.368 e. The predicted molar refractivity (Wildman–Crippen MR) is 80.8 cm³/mol. The van der Waals surface area contributed by atoms with Crippen molar-refractivity contribution in [3.63, 3.8) is 0 Å². The molecule has 2 N–H and O–H groups in total. The van der Waals surface area contributed by atoms with E-state index in [-0.39, 0.29) is 0 Å². The van der Waals surface area contributed by atoms with Crippen LogP contribution in [0.5, 0.6) is 0 Å². The second-order valence-corrected chi connectivity index (χ2v) is 6.10. The van der Waals surface area contributed by atoms with Crippen LogP contribution >= 0.6 is 22.7 Å². The third kappa shape index (κ3) is 2.26. The fourth-order valence-corrected chi connectivity index (χ4v) is 3.51. The van der Waals surface area contributed by atoms with Gasteiger partial charge in [0.05, 0.1) is 23.1 Å². The van der Waals surface area contributed by atoms with Gasteiger partial charge in [0.1, 0.15) is 10.6 Å². The molecule has 0 amide bonds. The van der Waals surface area contributed by atoms with Gasteiger partial charge in [-0.2, -0.15) is 4.98 Å². The first-order chi connectivity index (χ1) is 9.15. The first-order valence-corrected chi connectivity index (χ1v) is 7.52. The van der Waals surface area contributed by atoms with Crippen LogP contribution in [0, 0.1) is 6.92 Å². The molecule has 5 nitrogen and oxygen atoms in total. The van der Waals surface area contributed by atoms with Crippen molar-refractivity contribution in [2.24, 2.45) is 0 Å². The Labute approximate surface area is 118 Å². The fraction of sp³-hybridized carbons (Fsp3) is 0.250. The summed E-state index contributed by atoms with van der Waals surface area (Å²) in [6.45, 7) is 2.80. The summed E-state index contributed by atoms with van der Waals surface area (Å²) < 4.78 is 0. The van der Waals surface area contributed by atoms with Crippen LogP contribution in [0.25, 0.3) is 10.2 Å². The molecule has 98 valence electrons. The standard InChI is InChI=1S/C12H13N5S2/c1-7-9(19-6-14-7)5-17(2)10-8-3-4-18-11(8)16-12(13)15-10/h3-4,6H,5H2,1-2H3,(H2,13,15,16). The van der Waals surface area contributed by atoms with E-state index in [1.807, 2.05) is 30.9 Å². The van der Waals surface area contributed by atoms with Crippen molar-refractivity contribution in [3.8, 4) is 0 Å². The number of nitrogens with zero attached hydrogens (tertiary/aromatic N) is 4. The molecule has 3 aromatic heterocycles. The molecule has 0 aliphatic rings. The minimum atomic E-state index is 0.317. The molecular formula is C12H13N5S2. The number of fused-ring (bicyclic) bond motifs is 1. The molecule has 19 heavy (non-hydrogen) atoms. The minimum absolute atomic E-state index is 0.317. The Bertz CT molecular complexity index is 718. The van der Waals surface area contributed by atoms with Gasteiger partial charge >= 0.3 is 0 Å². The molecule has 0 aliphatic heterocycles. The molecule has 3 aromatic rings. The van der Waals surface area contributed by atoms with Gasteiger partial charge in [-0.25, -0.2) is 9.97 Å². The number of nitrogen functional groups attached to an aromatic ring is 1. The third-order valence-corrected chi connectivity index (χ3v) is 4.64. The van der Waals surface area contributed by atoms with Crippen molar-refractivity contribution in [2.75, 3.05) is 17.7 Å². The zero-order valence-corrected chi connectivity index (χ0v) is 12.3. The molecule has 3 rings (SSSR count). The number of aryl methyl sites for hydroxylation is 1. The molecule has 7 heteroatoms. The van der Waals surface area contributed by atoms with Gasteiger partial charge in [0.15, 0.2) is 0 Å². The molecule has 0 aromatic carbocycles. The van der Waals surface area contributed by atoms with Crippen LogP contribution in [-0.2, 0) is 6.54 Å². The highest BCUT2D eigenvalue weighted by Crippen LogP contribution is 2.29. The van der Waals surface area contributed by atoms with Crippen molar-refractivity contribution in [3.05, 3.63) is 27.5 Å². The number of anilines is 2. The number of thiazole rings is 1. The molecule has 0 radical (unpaired) electrons. The predicted octanol–water partition coefficient (Wildman–Crippen LogP) is 2.67. The molecule has 0 unspecified atom stereocenters. The summed E-state index contributed by atoms with van der Waals surface area (Å²) in [5.74, 6) is 1.19. The van der Waals surface area contributed by atoms with Crippen molar-refractivity contribution in [1.29, 1.82) is 0 Å². The number of aromatic nitrogens is 3. The molecule has 0 fully saturated rings. The molecule has 0 aliphatic carbocycles. The number of hydrogen-bond donors (Lipinski definition) is 1. The Morgan fingerprint density at radius 3 is 2.89 bits per heavy atom. The van der Waals surface area contributed by atoms with E-state index in [0.29, 0.717) is 5.95 Å². The zero-order chi connectivity index (χ0) is 13.4. The maximum atomic E-state index is 5.77. The lowest BCUT2D eigenvalue weighted by Crippen LogP contribution is -2.18. The maximum absolute atomic E-state index is 5.77. The van der Waals surface area contributed by atoms with Gasteiger partial charge in [-0.15, -0.1) is 22.7 Å². The number of nitrogens with two attached hydrogens (primary N) is 1. The van der Waals surface area contributed by atoms with Crippen molar-refractivity contribution in [2.45, 2.75) is 13.5 Å². The van der Waals surface area contributed by atoms with E-state index < -0.39 is 0 Å². The summed E-state index contributed by atoms with van der Waals surface area (Å²) >= 11 is 3.24. The second-order valence-electron chi connectivity index (χ2n) is 4.26. The number of rotatable bonds is 3. The van der Waals surface area contributed by atoms with Gasteiger partial charge in [-0.1, -0.05) is 0 Å². The van der Waals surface area contributed by atoms with Gasteiger partial charge in [0, 0.05) is 11.9 Å². The Kier molecular flexibility index (Phi) is 3.08. The number of hydrogen-bond acceptors (Lipinski definition) is 7. The Balaban J connectivity index is 1.99. The summed E-state index contributed by atoms with van der Waals surface area (Å²) in [6.07, 6.45) is 0. The lowest BCUT2D eigenvalue weighted by Gasteiger charge is -2.18. The van der Waals surface area contributed by atoms with E-state index >= 15 is 0 Å². The average molecular weight is 291 g/mol. The van der Waals surface area contributed by atoms with Crippen molar-refractivity contribution < 1.29 is 0 Å². The van der Waals surface area contributed by atoms with Gasteiger partial charge in [-0.3, -0.25) is 0 Å². The highest BCUT2D eigenvalue weighted by Gasteiger charge is 2.13. The Hall–Kier alpha value is -1.73. The third-order valence-electron chi connectivity index (χ3n) is 2.91. The largest absolute Gasteiger partial charge is 0.368 e. The average Bonchev–Trinajstić information content (AvgIpc) is 2.98. The lowest BCUT2D eigenvalue weighted by atomic mass is 10.3. The summed E-state index contributed by atoms with van der Waals surface area (Å²) in [5, 5.41) is 3.05. The lowest BCUT2D eigenvalue weighted by molar-refractivity contribution is 0.906. The van der Waals surface area contributed by atoms with Crippen LogP contribution in [0.1, 0.15) is 10.6 Å². The summed E-state index contributed by atoms with van der Waals surface area (Å²) in [4.78, 5) is 17.1. The first-order valence-electron chi connectivity index (χ1n) is 5.76. The van der Waals surface area contributed by atoms with Crippen molar-refractivity contribution in [1.82, 2.24) is 15.0 Å². The Morgan fingerprint density at radius 2 is 2.16 bits per heavy atom. The zero-order valence-electron chi connectivity index (χ0n) is 10.6. The van der Waals surface area contributed by atoms with Gasteiger partial charge in [0.2, 0.25) is 5.95 Å². The van der Waals surface area contributed by atoms with E-state index in [9.17, 15) is 0 Å². The van der Waals surface area contributed by atoms with Crippen LogP contribution in [0.2, 0.25) is 0 Å². The SMILES string of the molecule is Cc1ncsc1CN(C)c1nc(N)nc2sccc12. The quantitative estimate of drug-likeness (QED) is 0.803. The number of thiophene rings is 1. The second kappa shape index (κ2) is 4.75. The van der Waals surface area contributed by atoms with Crippen LogP contribution in [0.15, 0.2) is 17.0 Å². The van der Waals surface area contributed by atoms with Crippen LogP contribution in [0.3, 0.4) is 0 Å². The fourth-order valence-electron chi connectivity index (χ4n) is 1.92. The molecule has 0 saturated carbocycles. The van der Waals surface area contributed by atoms with Crippen LogP contribution in [0.4, 0.5) is 11.8 Å². The molecular weight excluding hydrogens is 278 g/mol. The first kappa shape index (κ1) is 12.3. The van der Waals surface area contributed by atoms with Crippen molar-refractivity contribution >= 4 is 44.7 Å². The summed E-state index contributed by atoms with van der Waals surface area (Å²) in [5.41, 5.74) is 8.71. The maximum Gasteiger partial charge on any atom is 0.223 e. The van der Waals surface area contributed by atoms with E-state index in [0.717, 1.165) is 28.3 Å². The van der Waals surface area contributed by atoms with Gasteiger partial charge in [-0.05, 0) is 18.4 Å². The normalized spacial score (nSPS) is 11.1. The molecule has 0 bridgehead atoms. The molecule has 3 heterocycles. The van der Waals surface area contributed by atoms with E-state index in [4.69, 9.17) is 5.73 Å². The smallest absolute Gasteiger partial charge is 0.223 e. The van der Waals surface area contributed by atoms with Crippen LogP contribution < -0.4 is 10.6 Å². The monoisotopic (exact) mass is 291 g/mol. The molecule has 0 saturated heterocycles. The Morgan fingerprint density at radius 1 is 1.32 bits per heavy atom. The van der Waals surface area contributed by atoms with E-state index in [1.165, 1.54) is 4.88 Å². The molecule has 0 spiro atoms. The van der Waals surface area contributed by atoms with Gasteiger partial charge in [0.25, 0.3) is 0 Å². The topological polar surface area (TPSA) is 67.9 Å². The van der Waals surface area contributed by atoms with E-state index in [1.54, 1.807) is 22.7 Å². The summed E-state index contributed by atoms with van der Waals surface area (Å²) in [6, 6.07) is 2.03. The highest BCUT2D eigenvalue weighted by molar-refractivity contribution is 7.16. The van der Waals surface area contributed by atoms with Gasteiger partial charge < -0.3 is 10.6 Å². The van der Waals surface area contributed by atoms with Crippen LogP contribution in [-0.4, -0.2) is 22.0 Å². The highest BCUT2D eigenvalue weighted by atomic mass is 32.1.